The van der Waals surface area contributed by atoms with Crippen LogP contribution in [0.15, 0.2) is 0 Å². The van der Waals surface area contributed by atoms with Gasteiger partial charge in [0.15, 0.2) is 0 Å². The number of anilines is 1. The Morgan fingerprint density at radius 1 is 1.26 bits per heavy atom. The molecule has 7 nitrogen and oxygen atoms in total. The summed E-state index contributed by atoms with van der Waals surface area (Å²) >= 11 is 5.84. The highest BCUT2D eigenvalue weighted by Gasteiger charge is 2.42. The van der Waals surface area contributed by atoms with Crippen LogP contribution in [0.1, 0.15) is 13.8 Å². The van der Waals surface area contributed by atoms with Crippen LogP contribution in [0.25, 0.3) is 0 Å². The Labute approximate surface area is 116 Å². The van der Waals surface area contributed by atoms with Crippen molar-refractivity contribution in [2.45, 2.75) is 19.4 Å². The number of hydrogen-bond donors (Lipinski definition) is 0. The Bertz CT molecular complexity index is 508. The maximum Gasteiger partial charge on any atom is 0.322 e. The summed E-state index contributed by atoms with van der Waals surface area (Å²) in [5.41, 5.74) is -0.733. The van der Waals surface area contributed by atoms with Gasteiger partial charge in [0.05, 0.1) is 7.11 Å². The van der Waals surface area contributed by atoms with Crippen LogP contribution in [-0.2, 0) is 4.79 Å². The van der Waals surface area contributed by atoms with E-state index < -0.39 is 5.54 Å². The van der Waals surface area contributed by atoms with Crippen LogP contribution >= 0.6 is 11.6 Å². The van der Waals surface area contributed by atoms with Gasteiger partial charge in [0.2, 0.25) is 17.1 Å². The lowest BCUT2D eigenvalue weighted by Gasteiger charge is -2.44. The number of nitrogens with zero attached hydrogens (tertiary/aromatic N) is 5. The lowest BCUT2D eigenvalue weighted by atomic mass is 9.98. The maximum absolute atomic E-state index is 12.2. The number of amides is 1. The molecule has 0 aromatic carbocycles. The third-order valence-electron chi connectivity index (χ3n) is 3.20. The zero-order chi connectivity index (χ0) is 14.2. The topological polar surface area (TPSA) is 71.5 Å². The number of hydrogen-bond acceptors (Lipinski definition) is 6. The summed E-state index contributed by atoms with van der Waals surface area (Å²) in [5.74, 6) is 0.359. The molecule has 2 heterocycles. The molecule has 0 atom stereocenters. The SMILES string of the molecule is COc1nc(Cl)nc(N2CCN(C)C(=O)C2(C)C)n1. The lowest BCUT2D eigenvalue weighted by molar-refractivity contribution is -0.136. The molecular weight excluding hydrogens is 270 g/mol. The molecule has 1 aromatic rings. The molecule has 8 heteroatoms. The molecule has 1 fully saturated rings. The molecule has 0 N–H and O–H groups in total. The van der Waals surface area contributed by atoms with E-state index in [-0.39, 0.29) is 17.2 Å². The summed E-state index contributed by atoms with van der Waals surface area (Å²) < 4.78 is 4.97. The van der Waals surface area contributed by atoms with Crippen LogP contribution in [0.2, 0.25) is 5.28 Å². The zero-order valence-corrected chi connectivity index (χ0v) is 12.1. The molecule has 1 aromatic heterocycles. The number of carbonyl (C=O) groups is 1. The first kappa shape index (κ1) is 13.8. The Kier molecular flexibility index (Phi) is 3.49. The van der Waals surface area contributed by atoms with Crippen LogP contribution in [0.4, 0.5) is 5.95 Å². The smallest absolute Gasteiger partial charge is 0.322 e. The van der Waals surface area contributed by atoms with Crippen molar-refractivity contribution in [2.24, 2.45) is 0 Å². The summed E-state index contributed by atoms with van der Waals surface area (Å²) in [5, 5.41) is 0.0454. The number of ether oxygens (including phenoxy) is 1. The molecule has 19 heavy (non-hydrogen) atoms. The van der Waals surface area contributed by atoms with Crippen molar-refractivity contribution >= 4 is 23.5 Å². The van der Waals surface area contributed by atoms with E-state index in [1.54, 1.807) is 11.9 Å². The molecule has 1 aliphatic heterocycles. The van der Waals surface area contributed by atoms with Crippen molar-refractivity contribution in [3.8, 4) is 6.01 Å². The summed E-state index contributed by atoms with van der Waals surface area (Å²) in [6.45, 7) is 4.89. The highest BCUT2D eigenvalue weighted by atomic mass is 35.5. The Balaban J connectivity index is 2.41. The van der Waals surface area contributed by atoms with Gasteiger partial charge in [0.1, 0.15) is 5.54 Å². The average molecular weight is 286 g/mol. The molecular formula is C11H16ClN5O2. The van der Waals surface area contributed by atoms with Gasteiger partial charge in [-0.25, -0.2) is 0 Å². The molecule has 0 bridgehead atoms. The van der Waals surface area contributed by atoms with Crippen molar-refractivity contribution in [3.63, 3.8) is 0 Å². The van der Waals surface area contributed by atoms with Gasteiger partial charge in [-0.15, -0.1) is 0 Å². The van der Waals surface area contributed by atoms with Gasteiger partial charge in [-0.05, 0) is 25.4 Å². The first-order chi connectivity index (χ1) is 8.86. The van der Waals surface area contributed by atoms with Crippen molar-refractivity contribution in [1.82, 2.24) is 19.9 Å². The second-order valence-corrected chi connectivity index (χ2v) is 5.17. The van der Waals surface area contributed by atoms with Gasteiger partial charge in [-0.1, -0.05) is 0 Å². The number of halogens is 1. The number of methoxy groups -OCH3 is 1. The summed E-state index contributed by atoms with van der Waals surface area (Å²) in [7, 11) is 3.23. The van der Waals surface area contributed by atoms with E-state index in [1.807, 2.05) is 18.7 Å². The molecule has 0 spiro atoms. The van der Waals surface area contributed by atoms with E-state index >= 15 is 0 Å². The van der Waals surface area contributed by atoms with Gasteiger partial charge in [-0.3, -0.25) is 4.79 Å². The van der Waals surface area contributed by atoms with Crippen LogP contribution in [-0.4, -0.2) is 58.5 Å². The van der Waals surface area contributed by atoms with E-state index in [1.165, 1.54) is 7.11 Å². The van der Waals surface area contributed by atoms with E-state index in [0.29, 0.717) is 19.0 Å². The van der Waals surface area contributed by atoms with Crippen molar-refractivity contribution in [2.75, 3.05) is 32.1 Å². The third kappa shape index (κ3) is 2.42. The van der Waals surface area contributed by atoms with Crippen LogP contribution in [0.3, 0.4) is 0 Å². The first-order valence-electron chi connectivity index (χ1n) is 5.85. The van der Waals surface area contributed by atoms with Crippen LogP contribution < -0.4 is 9.64 Å². The predicted molar refractivity (Wildman–Crippen MR) is 70.5 cm³/mol. The Morgan fingerprint density at radius 2 is 1.95 bits per heavy atom. The largest absolute Gasteiger partial charge is 0.467 e. The standard InChI is InChI=1S/C11H16ClN5O2/c1-11(2)7(18)16(3)5-6-17(11)9-13-8(12)14-10(15-9)19-4/h5-6H2,1-4H3. The van der Waals surface area contributed by atoms with Crippen LogP contribution in [0, 0.1) is 0 Å². The number of likely N-dealkylation sites (N-methyl/N-ethyl adjacent to an activating group) is 1. The highest BCUT2D eigenvalue weighted by molar-refractivity contribution is 6.28. The average Bonchev–Trinajstić information content (AvgIpc) is 2.35. The number of carbonyl (C=O) groups excluding carboxylic acids is 1. The summed E-state index contributed by atoms with van der Waals surface area (Å²) in [6.07, 6.45) is 0. The van der Waals surface area contributed by atoms with E-state index in [9.17, 15) is 4.79 Å². The van der Waals surface area contributed by atoms with Gasteiger partial charge >= 0.3 is 6.01 Å². The van der Waals surface area contributed by atoms with Crippen LogP contribution in [0.5, 0.6) is 6.01 Å². The lowest BCUT2D eigenvalue weighted by Crippen LogP contribution is -2.62. The molecule has 2 rings (SSSR count). The third-order valence-corrected chi connectivity index (χ3v) is 3.37. The fourth-order valence-corrected chi connectivity index (χ4v) is 2.25. The van der Waals surface area contributed by atoms with Crippen molar-refractivity contribution in [3.05, 3.63) is 5.28 Å². The minimum Gasteiger partial charge on any atom is -0.467 e. The van der Waals surface area contributed by atoms with Gasteiger partial charge in [0.25, 0.3) is 0 Å². The van der Waals surface area contributed by atoms with E-state index in [0.717, 1.165) is 0 Å². The Morgan fingerprint density at radius 3 is 2.58 bits per heavy atom. The molecule has 0 radical (unpaired) electrons. The maximum atomic E-state index is 12.2. The number of rotatable bonds is 2. The van der Waals surface area contributed by atoms with Gasteiger partial charge in [0, 0.05) is 20.1 Å². The zero-order valence-electron chi connectivity index (χ0n) is 11.3. The van der Waals surface area contributed by atoms with Gasteiger partial charge < -0.3 is 14.5 Å². The number of aromatic nitrogens is 3. The summed E-state index contributed by atoms with van der Waals surface area (Å²) in [6, 6.07) is 0.136. The molecule has 1 amide bonds. The molecule has 0 unspecified atom stereocenters. The second kappa shape index (κ2) is 4.80. The molecule has 0 aliphatic carbocycles. The minimum atomic E-state index is -0.733. The molecule has 0 saturated carbocycles. The van der Waals surface area contributed by atoms with Crippen molar-refractivity contribution in [1.29, 1.82) is 0 Å². The summed E-state index contributed by atoms with van der Waals surface area (Å²) in [4.78, 5) is 27.8. The fraction of sp³-hybridized carbons (Fsp3) is 0.636. The van der Waals surface area contributed by atoms with Gasteiger partial charge in [-0.2, -0.15) is 15.0 Å². The normalized spacial score (nSPS) is 18.7. The predicted octanol–water partition coefficient (Wildman–Crippen LogP) is 0.591. The van der Waals surface area contributed by atoms with E-state index in [2.05, 4.69) is 15.0 Å². The Hall–Kier alpha value is -1.63. The highest BCUT2D eigenvalue weighted by Crippen LogP contribution is 2.27. The molecule has 104 valence electrons. The fourth-order valence-electron chi connectivity index (χ4n) is 2.10. The molecule has 1 saturated heterocycles. The van der Waals surface area contributed by atoms with E-state index in [4.69, 9.17) is 16.3 Å². The first-order valence-corrected chi connectivity index (χ1v) is 6.23. The monoisotopic (exact) mass is 285 g/mol. The molecule has 1 aliphatic rings. The number of piperazine rings is 1. The minimum absolute atomic E-state index is 0.00857. The second-order valence-electron chi connectivity index (χ2n) is 4.83. The van der Waals surface area contributed by atoms with Crippen molar-refractivity contribution < 1.29 is 9.53 Å². The quantitative estimate of drug-likeness (QED) is 0.792.